The number of aryl methyl sites for hydroxylation is 1. The maximum Gasteiger partial charge on any atom is 0.295 e. The van der Waals surface area contributed by atoms with Gasteiger partial charge in [-0.05, 0) is 41.8 Å². The van der Waals surface area contributed by atoms with Crippen molar-refractivity contribution < 1.29 is 24.3 Å². The van der Waals surface area contributed by atoms with Gasteiger partial charge in [0.25, 0.3) is 5.91 Å². The summed E-state index contributed by atoms with van der Waals surface area (Å²) < 4.78 is 5.21. The Morgan fingerprint density at radius 2 is 2.03 bits per heavy atom. The lowest BCUT2D eigenvalue weighted by Crippen LogP contribution is -3.05. The number of carbonyl (C=O) groups is 2. The Bertz CT molecular complexity index is 970. The summed E-state index contributed by atoms with van der Waals surface area (Å²) in [6.45, 7) is 3.03. The molecule has 0 spiro atoms. The summed E-state index contributed by atoms with van der Waals surface area (Å²) in [6, 6.07) is 7.86. The fourth-order valence-corrected chi connectivity index (χ4v) is 3.75. The molecule has 7 nitrogen and oxygen atoms in total. The first-order valence-corrected chi connectivity index (χ1v) is 9.95. The summed E-state index contributed by atoms with van der Waals surface area (Å²) in [7, 11) is 5.61. The number of pyridine rings is 1. The Kier molecular flexibility index (Phi) is 6.52. The lowest BCUT2D eigenvalue weighted by atomic mass is 9.94. The number of benzene rings is 1. The molecule has 30 heavy (non-hydrogen) atoms. The number of nitrogens with zero attached hydrogens (tertiary/aromatic N) is 2. The SMILES string of the molecule is COc1ccc(C([O-])=C2C(=O)C(=O)N(CCC[NH+](C)C)C2c2cccnc2)c(C)c1. The third-order valence-corrected chi connectivity index (χ3v) is 5.28. The Morgan fingerprint density at radius 1 is 1.27 bits per heavy atom. The van der Waals surface area contributed by atoms with E-state index in [1.807, 2.05) is 14.1 Å². The van der Waals surface area contributed by atoms with Crippen LogP contribution in [0.2, 0.25) is 0 Å². The van der Waals surface area contributed by atoms with Gasteiger partial charge in [-0.3, -0.25) is 14.6 Å². The van der Waals surface area contributed by atoms with Crippen LogP contribution in [0.25, 0.3) is 5.76 Å². The molecule has 2 aromatic rings. The van der Waals surface area contributed by atoms with Crippen molar-refractivity contribution in [1.82, 2.24) is 9.88 Å². The van der Waals surface area contributed by atoms with Crippen molar-refractivity contribution in [2.75, 3.05) is 34.3 Å². The van der Waals surface area contributed by atoms with Crippen molar-refractivity contribution in [1.29, 1.82) is 0 Å². The molecule has 1 aromatic heterocycles. The van der Waals surface area contributed by atoms with Gasteiger partial charge in [0.15, 0.2) is 0 Å². The zero-order valence-electron chi connectivity index (χ0n) is 17.8. The maximum atomic E-state index is 13.4. The number of methoxy groups -OCH3 is 1. The number of nitrogens with one attached hydrogen (secondary N) is 1. The van der Waals surface area contributed by atoms with Gasteiger partial charge in [-0.25, -0.2) is 0 Å². The molecule has 1 aliphatic heterocycles. The summed E-state index contributed by atoms with van der Waals surface area (Å²) in [4.78, 5) is 32.7. The molecule has 1 unspecified atom stereocenters. The number of ether oxygens (including phenoxy) is 1. The average Bonchev–Trinajstić information content (AvgIpc) is 2.98. The van der Waals surface area contributed by atoms with E-state index in [0.29, 0.717) is 29.0 Å². The highest BCUT2D eigenvalue weighted by molar-refractivity contribution is 6.46. The number of Topliss-reactive ketones (excluding diaryl/α,β-unsaturated/α-hetero) is 1. The van der Waals surface area contributed by atoms with Crippen LogP contribution in [0, 0.1) is 6.92 Å². The lowest BCUT2D eigenvalue weighted by Gasteiger charge is -2.27. The number of carbonyl (C=O) groups excluding carboxylic acids is 2. The topological polar surface area (TPSA) is 87.0 Å². The van der Waals surface area contributed by atoms with Crippen molar-refractivity contribution in [3.8, 4) is 5.75 Å². The Morgan fingerprint density at radius 3 is 2.63 bits per heavy atom. The minimum Gasteiger partial charge on any atom is -0.872 e. The zero-order chi connectivity index (χ0) is 21.8. The Hall–Kier alpha value is -3.19. The van der Waals surface area contributed by atoms with Crippen LogP contribution < -0.4 is 14.7 Å². The van der Waals surface area contributed by atoms with Gasteiger partial charge in [-0.1, -0.05) is 17.9 Å². The first-order valence-electron chi connectivity index (χ1n) is 9.95. The molecule has 1 amide bonds. The predicted molar refractivity (Wildman–Crippen MR) is 111 cm³/mol. The second-order valence-electron chi connectivity index (χ2n) is 7.75. The van der Waals surface area contributed by atoms with Gasteiger partial charge >= 0.3 is 0 Å². The second kappa shape index (κ2) is 9.09. The second-order valence-corrected chi connectivity index (χ2v) is 7.75. The van der Waals surface area contributed by atoms with Gasteiger partial charge < -0.3 is 19.6 Å². The van der Waals surface area contributed by atoms with E-state index in [0.717, 1.165) is 13.0 Å². The number of amides is 1. The van der Waals surface area contributed by atoms with Crippen molar-refractivity contribution in [2.24, 2.45) is 0 Å². The van der Waals surface area contributed by atoms with Gasteiger partial charge in [-0.2, -0.15) is 0 Å². The number of hydrogen-bond acceptors (Lipinski definition) is 5. The van der Waals surface area contributed by atoms with Crippen LogP contribution in [-0.4, -0.2) is 55.9 Å². The van der Waals surface area contributed by atoms with E-state index >= 15 is 0 Å². The third kappa shape index (κ3) is 4.21. The van der Waals surface area contributed by atoms with E-state index in [1.165, 1.54) is 9.80 Å². The van der Waals surface area contributed by atoms with Crippen LogP contribution in [-0.2, 0) is 9.59 Å². The van der Waals surface area contributed by atoms with Crippen molar-refractivity contribution in [2.45, 2.75) is 19.4 Å². The smallest absolute Gasteiger partial charge is 0.295 e. The highest BCUT2D eigenvalue weighted by atomic mass is 16.5. The summed E-state index contributed by atoms with van der Waals surface area (Å²) in [5.74, 6) is -1.17. The predicted octanol–water partition coefficient (Wildman–Crippen LogP) is 0.157. The van der Waals surface area contributed by atoms with E-state index in [9.17, 15) is 14.7 Å². The van der Waals surface area contributed by atoms with Crippen molar-refractivity contribution >= 4 is 17.4 Å². The molecule has 0 saturated carbocycles. The number of aromatic nitrogens is 1. The van der Waals surface area contributed by atoms with Gasteiger partial charge in [0, 0.05) is 30.9 Å². The summed E-state index contributed by atoms with van der Waals surface area (Å²) >= 11 is 0. The number of rotatable bonds is 7. The number of quaternary nitrogens is 1. The van der Waals surface area contributed by atoms with Crippen molar-refractivity contribution in [3.05, 3.63) is 65.0 Å². The minimum absolute atomic E-state index is 0.0153. The van der Waals surface area contributed by atoms with Crippen LogP contribution in [0.1, 0.15) is 29.2 Å². The third-order valence-electron chi connectivity index (χ3n) is 5.28. The highest BCUT2D eigenvalue weighted by Gasteiger charge is 2.44. The summed E-state index contributed by atoms with van der Waals surface area (Å²) in [5.41, 5.74) is 1.72. The molecular formula is C23H27N3O4. The van der Waals surface area contributed by atoms with Gasteiger partial charge in [0.05, 0.1) is 33.8 Å². The molecule has 1 atom stereocenters. The monoisotopic (exact) mass is 409 g/mol. The maximum absolute atomic E-state index is 13.4. The molecule has 1 N–H and O–H groups in total. The molecular weight excluding hydrogens is 382 g/mol. The number of ketones is 1. The van der Waals surface area contributed by atoms with E-state index in [-0.39, 0.29) is 5.57 Å². The normalized spacial score (nSPS) is 18.3. The van der Waals surface area contributed by atoms with E-state index in [1.54, 1.807) is 56.8 Å². The molecule has 3 rings (SSSR count). The van der Waals surface area contributed by atoms with Crippen molar-refractivity contribution in [3.63, 3.8) is 0 Å². The Balaban J connectivity index is 2.09. The summed E-state index contributed by atoms with van der Waals surface area (Å²) in [5, 5.41) is 13.4. The van der Waals surface area contributed by atoms with E-state index < -0.39 is 23.5 Å². The number of hydrogen-bond donors (Lipinski definition) is 1. The molecule has 1 aliphatic rings. The lowest BCUT2D eigenvalue weighted by molar-refractivity contribution is -0.858. The molecule has 7 heteroatoms. The van der Waals surface area contributed by atoms with Gasteiger partial charge in [0.2, 0.25) is 5.78 Å². The minimum atomic E-state index is -0.735. The molecule has 158 valence electrons. The van der Waals surface area contributed by atoms with Gasteiger partial charge in [0.1, 0.15) is 5.75 Å². The molecule has 0 radical (unpaired) electrons. The van der Waals surface area contributed by atoms with Crippen LogP contribution in [0.15, 0.2) is 48.3 Å². The average molecular weight is 409 g/mol. The fourth-order valence-electron chi connectivity index (χ4n) is 3.75. The standard InChI is InChI=1S/C23H27N3O4/c1-15-13-17(30-4)8-9-18(15)21(27)19-20(16-7-5-10-24-14-16)26(23(29)22(19)28)12-6-11-25(2)3/h5,7-10,13-14,20,27H,6,11-12H2,1-4H3. The summed E-state index contributed by atoms with van der Waals surface area (Å²) in [6.07, 6.45) is 3.95. The molecule has 1 fully saturated rings. The van der Waals surface area contributed by atoms with Crippen LogP contribution in [0.5, 0.6) is 5.75 Å². The number of likely N-dealkylation sites (tertiary alicyclic amines) is 1. The molecule has 0 bridgehead atoms. The fraction of sp³-hybridized carbons (Fsp3) is 0.348. The highest BCUT2D eigenvalue weighted by Crippen LogP contribution is 2.39. The van der Waals surface area contributed by atoms with E-state index in [4.69, 9.17) is 4.74 Å². The largest absolute Gasteiger partial charge is 0.872 e. The van der Waals surface area contributed by atoms with Gasteiger partial charge in [-0.15, -0.1) is 0 Å². The van der Waals surface area contributed by atoms with E-state index in [2.05, 4.69) is 4.98 Å². The molecule has 2 heterocycles. The van der Waals surface area contributed by atoms with Crippen LogP contribution in [0.4, 0.5) is 0 Å². The first kappa shape index (κ1) is 21.5. The zero-order valence-corrected chi connectivity index (χ0v) is 17.8. The Labute approximate surface area is 176 Å². The van der Waals surface area contributed by atoms with Crippen LogP contribution >= 0.6 is 0 Å². The first-order chi connectivity index (χ1) is 14.3. The molecule has 1 aromatic carbocycles. The quantitative estimate of drug-likeness (QED) is 0.400. The van der Waals surface area contributed by atoms with Crippen LogP contribution in [0.3, 0.4) is 0 Å². The molecule has 0 aliphatic carbocycles. The molecule has 1 saturated heterocycles.